The van der Waals surface area contributed by atoms with Crippen molar-refractivity contribution in [1.29, 1.82) is 0 Å². The lowest BCUT2D eigenvalue weighted by Gasteiger charge is -2.29. The molecule has 0 bridgehead atoms. The molecule has 7 heteroatoms. The Morgan fingerprint density at radius 3 is 2.68 bits per heavy atom. The van der Waals surface area contributed by atoms with Gasteiger partial charge in [-0.25, -0.2) is 0 Å². The normalized spacial score (nSPS) is 24.2. The van der Waals surface area contributed by atoms with Gasteiger partial charge in [-0.05, 0) is 39.3 Å². The zero-order valence-electron chi connectivity index (χ0n) is 13.0. The lowest BCUT2D eigenvalue weighted by atomic mass is 10.1. The fourth-order valence-corrected chi connectivity index (χ4v) is 2.65. The van der Waals surface area contributed by atoms with Gasteiger partial charge in [0.15, 0.2) is 6.04 Å². The Morgan fingerprint density at radius 1 is 1.50 bits per heavy atom. The first-order chi connectivity index (χ1) is 10.2. The molecule has 0 amide bonds. The number of carboxylic acid groups (broad SMARTS) is 1. The molecule has 1 aromatic rings. The van der Waals surface area contributed by atoms with E-state index in [1.807, 2.05) is 0 Å². The summed E-state index contributed by atoms with van der Waals surface area (Å²) in [5.74, 6) is -1.70. The van der Waals surface area contributed by atoms with E-state index in [9.17, 15) is 14.7 Å². The van der Waals surface area contributed by atoms with E-state index in [1.165, 1.54) is 6.26 Å². The maximum atomic E-state index is 12.2. The van der Waals surface area contributed by atoms with Crippen LogP contribution in [0.25, 0.3) is 0 Å². The Bertz CT molecular complexity index is 535. The van der Waals surface area contributed by atoms with E-state index >= 15 is 0 Å². The average molecular weight is 310 g/mol. The molecule has 7 nitrogen and oxygen atoms in total. The molecule has 2 heterocycles. The Labute approximate surface area is 129 Å². The molecule has 1 fully saturated rings. The maximum Gasteiger partial charge on any atom is 0.328 e. The molecule has 3 atom stereocenters. The van der Waals surface area contributed by atoms with Gasteiger partial charge < -0.3 is 20.0 Å². The predicted molar refractivity (Wildman–Crippen MR) is 77.7 cm³/mol. The highest BCUT2D eigenvalue weighted by atomic mass is 16.6. The molecule has 0 aromatic carbocycles. The first-order valence-corrected chi connectivity index (χ1v) is 7.21. The largest absolute Gasteiger partial charge is 0.480 e. The van der Waals surface area contributed by atoms with E-state index in [0.717, 1.165) is 0 Å². The molecule has 0 aliphatic carbocycles. The zero-order chi connectivity index (χ0) is 16.5. The van der Waals surface area contributed by atoms with Crippen LogP contribution in [-0.2, 0) is 14.3 Å². The third kappa shape index (κ3) is 3.48. The van der Waals surface area contributed by atoms with E-state index < -0.39 is 35.7 Å². The molecule has 0 saturated carbocycles. The summed E-state index contributed by atoms with van der Waals surface area (Å²) < 4.78 is 10.6. The molecular weight excluding hydrogens is 288 g/mol. The van der Waals surface area contributed by atoms with E-state index in [1.54, 1.807) is 37.8 Å². The van der Waals surface area contributed by atoms with E-state index in [0.29, 0.717) is 18.7 Å². The van der Waals surface area contributed by atoms with Crippen molar-refractivity contribution in [1.82, 2.24) is 4.90 Å². The fraction of sp³-hybridized carbons (Fsp3) is 0.600. The monoisotopic (exact) mass is 310 g/mol. The second-order valence-corrected chi connectivity index (χ2v) is 6.41. The minimum absolute atomic E-state index is 0.299. The number of aliphatic carboxylic acids is 1. The Kier molecular flexibility index (Phi) is 4.58. The molecule has 0 unspecified atom stereocenters. The van der Waals surface area contributed by atoms with E-state index in [-0.39, 0.29) is 0 Å². The molecule has 2 rings (SSSR count). The molecule has 122 valence electrons. The number of rotatable bonds is 4. The number of carbonyl (C=O) groups is 2. The van der Waals surface area contributed by atoms with Gasteiger partial charge >= 0.3 is 11.9 Å². The van der Waals surface area contributed by atoms with Gasteiger partial charge in [0.05, 0.1) is 18.3 Å². The number of hydrogen-bond donors (Lipinski definition) is 2. The van der Waals surface area contributed by atoms with Gasteiger partial charge in [-0.2, -0.15) is 0 Å². The number of carbonyl (C=O) groups excluding carboxylic acids is 1. The number of esters is 1. The highest BCUT2D eigenvalue weighted by molar-refractivity contribution is 5.76. The van der Waals surface area contributed by atoms with Gasteiger partial charge in [0.25, 0.3) is 0 Å². The van der Waals surface area contributed by atoms with Crippen LogP contribution in [0.5, 0.6) is 0 Å². The van der Waals surface area contributed by atoms with Gasteiger partial charge in [0, 0.05) is 6.54 Å². The molecule has 1 aliphatic heterocycles. The number of carboxylic acids is 1. The lowest BCUT2D eigenvalue weighted by Crippen LogP contribution is -2.47. The number of hydrogen-bond acceptors (Lipinski definition) is 6. The van der Waals surface area contributed by atoms with E-state index in [4.69, 9.17) is 14.9 Å². The van der Waals surface area contributed by atoms with Crippen LogP contribution in [0.4, 0.5) is 0 Å². The summed E-state index contributed by atoms with van der Waals surface area (Å²) in [4.78, 5) is 25.3. The average Bonchev–Trinajstić information content (AvgIpc) is 2.99. The van der Waals surface area contributed by atoms with Crippen LogP contribution >= 0.6 is 0 Å². The Balaban J connectivity index is 2.14. The minimum atomic E-state index is -1.06. The van der Waals surface area contributed by atoms with Crippen molar-refractivity contribution in [3.63, 3.8) is 0 Å². The Hall–Kier alpha value is -1.86. The van der Waals surface area contributed by atoms with Crippen LogP contribution in [0, 0.1) is 5.92 Å². The van der Waals surface area contributed by atoms with Gasteiger partial charge in [0.1, 0.15) is 11.4 Å². The highest BCUT2D eigenvalue weighted by Gasteiger charge is 2.44. The van der Waals surface area contributed by atoms with Crippen molar-refractivity contribution in [2.24, 2.45) is 11.7 Å². The molecule has 3 N–H and O–H groups in total. The number of likely N-dealkylation sites (tertiary alicyclic amines) is 1. The van der Waals surface area contributed by atoms with Crippen molar-refractivity contribution in [3.8, 4) is 0 Å². The van der Waals surface area contributed by atoms with Crippen LogP contribution in [0.3, 0.4) is 0 Å². The first kappa shape index (κ1) is 16.5. The fourth-order valence-electron chi connectivity index (χ4n) is 2.65. The second-order valence-electron chi connectivity index (χ2n) is 6.41. The number of nitrogens with zero attached hydrogens (tertiary/aromatic N) is 1. The molecule has 1 aliphatic rings. The summed E-state index contributed by atoms with van der Waals surface area (Å²) in [7, 11) is 0. The van der Waals surface area contributed by atoms with Gasteiger partial charge in [-0.3, -0.25) is 14.5 Å². The third-order valence-corrected chi connectivity index (χ3v) is 3.58. The standard InChI is InChI=1S/C15H22N2O5/c1-15(2,3)22-14(20)9-6-7-17(12(9)16)11(13(18)19)10-5-4-8-21-10/h4-5,8-9,11-12H,6-7,16H2,1-3H3,(H,18,19)/t9-,11-,12+/m0/s1. The molecule has 0 radical (unpaired) electrons. The topological polar surface area (TPSA) is 106 Å². The quantitative estimate of drug-likeness (QED) is 0.808. The molecular formula is C15H22N2O5. The maximum absolute atomic E-state index is 12.2. The van der Waals surface area contributed by atoms with Gasteiger partial charge in [-0.1, -0.05) is 0 Å². The molecule has 1 aromatic heterocycles. The van der Waals surface area contributed by atoms with Crippen LogP contribution in [0.15, 0.2) is 22.8 Å². The summed E-state index contributed by atoms with van der Waals surface area (Å²) in [6.45, 7) is 5.74. The van der Waals surface area contributed by atoms with Crippen molar-refractivity contribution in [3.05, 3.63) is 24.2 Å². The van der Waals surface area contributed by atoms with Crippen LogP contribution in [0.2, 0.25) is 0 Å². The number of ether oxygens (including phenoxy) is 1. The number of nitrogens with two attached hydrogens (primary N) is 1. The number of furan rings is 1. The highest BCUT2D eigenvalue weighted by Crippen LogP contribution is 2.32. The van der Waals surface area contributed by atoms with Crippen molar-refractivity contribution in [2.45, 2.75) is 45.0 Å². The predicted octanol–water partition coefficient (Wildman–Crippen LogP) is 1.35. The summed E-state index contributed by atoms with van der Waals surface area (Å²) in [6, 6.07) is 2.21. The summed E-state index contributed by atoms with van der Waals surface area (Å²) in [5, 5.41) is 9.46. The third-order valence-electron chi connectivity index (χ3n) is 3.58. The lowest BCUT2D eigenvalue weighted by molar-refractivity contribution is -0.161. The van der Waals surface area contributed by atoms with E-state index in [2.05, 4.69) is 0 Å². The molecule has 0 spiro atoms. The smallest absolute Gasteiger partial charge is 0.328 e. The van der Waals surface area contributed by atoms with Gasteiger partial charge in [0.2, 0.25) is 0 Å². The Morgan fingerprint density at radius 2 is 2.18 bits per heavy atom. The van der Waals surface area contributed by atoms with Crippen molar-refractivity contribution >= 4 is 11.9 Å². The van der Waals surface area contributed by atoms with Crippen molar-refractivity contribution in [2.75, 3.05) is 6.54 Å². The second kappa shape index (κ2) is 6.10. The summed E-state index contributed by atoms with van der Waals surface area (Å²) >= 11 is 0. The summed E-state index contributed by atoms with van der Waals surface area (Å²) in [6.07, 6.45) is 1.15. The molecule has 22 heavy (non-hydrogen) atoms. The summed E-state index contributed by atoms with van der Waals surface area (Å²) in [5.41, 5.74) is 5.51. The van der Waals surface area contributed by atoms with Crippen LogP contribution in [-0.4, -0.2) is 40.3 Å². The van der Waals surface area contributed by atoms with Crippen molar-refractivity contribution < 1.29 is 23.8 Å². The zero-order valence-corrected chi connectivity index (χ0v) is 13.0. The van der Waals surface area contributed by atoms with Crippen LogP contribution < -0.4 is 5.73 Å². The first-order valence-electron chi connectivity index (χ1n) is 7.21. The van der Waals surface area contributed by atoms with Crippen LogP contribution in [0.1, 0.15) is 39.0 Å². The SMILES string of the molecule is CC(C)(C)OC(=O)[C@H]1CCN([C@H](C(=O)O)c2ccco2)[C@H]1N. The van der Waals surface area contributed by atoms with Gasteiger partial charge in [-0.15, -0.1) is 0 Å². The molecule has 1 saturated heterocycles. The minimum Gasteiger partial charge on any atom is -0.480 e.